The summed E-state index contributed by atoms with van der Waals surface area (Å²) in [6.07, 6.45) is -3.44. The van der Waals surface area contributed by atoms with Crippen molar-refractivity contribution < 1.29 is 37.1 Å². The van der Waals surface area contributed by atoms with Crippen molar-refractivity contribution in [2.75, 3.05) is 26.2 Å². The molecule has 4 heterocycles. The van der Waals surface area contributed by atoms with Gasteiger partial charge in [-0.2, -0.15) is 18.3 Å². The van der Waals surface area contributed by atoms with Crippen molar-refractivity contribution in [3.05, 3.63) is 35.0 Å². The highest BCUT2D eigenvalue weighted by Crippen LogP contribution is 2.27. The van der Waals surface area contributed by atoms with E-state index in [1.807, 2.05) is 18.7 Å². The van der Waals surface area contributed by atoms with E-state index >= 15 is 0 Å². The third-order valence-electron chi connectivity index (χ3n) is 5.22. The minimum Gasteiger partial charge on any atom is -0.475 e. The van der Waals surface area contributed by atoms with Gasteiger partial charge in [0.15, 0.2) is 0 Å². The molecule has 170 valence electrons. The molecule has 2 N–H and O–H groups in total. The molecule has 10 nitrogen and oxygen atoms in total. The second kappa shape index (κ2) is 9.06. The SMILES string of the molecule is Cc1noc(C)c1CN1CCO[C@H]2CN(C(=O)c3ccn[nH]3)C[C@H]21.O=C(O)C(F)(F)F. The second-order valence-electron chi connectivity index (χ2n) is 7.23. The molecule has 0 aliphatic carbocycles. The number of carboxylic acids is 1. The van der Waals surface area contributed by atoms with Gasteiger partial charge in [0, 0.05) is 37.9 Å². The first-order valence-electron chi connectivity index (χ1n) is 9.44. The molecule has 2 aromatic heterocycles. The molecule has 31 heavy (non-hydrogen) atoms. The number of aryl methyl sites for hydroxylation is 2. The first kappa shape index (κ1) is 22.7. The van der Waals surface area contributed by atoms with Gasteiger partial charge in [-0.3, -0.25) is 14.8 Å². The molecule has 0 unspecified atom stereocenters. The molecular formula is C18H22F3N5O5. The van der Waals surface area contributed by atoms with E-state index in [0.717, 1.165) is 30.1 Å². The molecule has 13 heteroatoms. The second-order valence-corrected chi connectivity index (χ2v) is 7.23. The van der Waals surface area contributed by atoms with Crippen LogP contribution in [0.5, 0.6) is 0 Å². The van der Waals surface area contributed by atoms with E-state index in [1.54, 1.807) is 12.3 Å². The first-order chi connectivity index (χ1) is 14.6. The molecule has 2 aliphatic rings. The van der Waals surface area contributed by atoms with Crippen molar-refractivity contribution in [3.8, 4) is 0 Å². The Balaban J connectivity index is 0.000000339. The van der Waals surface area contributed by atoms with Gasteiger partial charge in [0.2, 0.25) is 0 Å². The lowest BCUT2D eigenvalue weighted by atomic mass is 10.1. The standard InChI is InChI=1S/C16H21N5O3.C2HF3O2/c1-10-12(11(2)24-19-10)7-20-5-6-23-15-9-21(8-14(15)20)16(22)13-3-4-17-18-13;3-2(4,5)1(6)7/h3-4,14-15H,5-9H2,1-2H3,(H,17,18);(H,6,7)/t14-,15+;/m1./s1. The van der Waals surface area contributed by atoms with Crippen LogP contribution in [0.2, 0.25) is 0 Å². The number of nitrogens with zero attached hydrogens (tertiary/aromatic N) is 4. The van der Waals surface area contributed by atoms with Gasteiger partial charge < -0.3 is 19.3 Å². The van der Waals surface area contributed by atoms with Crippen LogP contribution >= 0.6 is 0 Å². The van der Waals surface area contributed by atoms with E-state index in [0.29, 0.717) is 25.4 Å². The molecule has 2 atom stereocenters. The molecule has 1 amide bonds. The summed E-state index contributed by atoms with van der Waals surface area (Å²) in [5.41, 5.74) is 2.58. The van der Waals surface area contributed by atoms with Gasteiger partial charge in [0.25, 0.3) is 5.91 Å². The van der Waals surface area contributed by atoms with Crippen LogP contribution in [0.1, 0.15) is 27.5 Å². The third-order valence-corrected chi connectivity index (χ3v) is 5.22. The molecule has 4 rings (SSSR count). The first-order valence-corrected chi connectivity index (χ1v) is 9.44. The quantitative estimate of drug-likeness (QED) is 0.726. The van der Waals surface area contributed by atoms with Crippen molar-refractivity contribution in [1.29, 1.82) is 0 Å². The predicted molar refractivity (Wildman–Crippen MR) is 98.1 cm³/mol. The van der Waals surface area contributed by atoms with Crippen molar-refractivity contribution in [2.24, 2.45) is 0 Å². The lowest BCUT2D eigenvalue weighted by Crippen LogP contribution is -2.50. The number of aromatic amines is 1. The predicted octanol–water partition coefficient (Wildman–Crippen LogP) is 1.37. The number of morpholine rings is 1. The van der Waals surface area contributed by atoms with E-state index in [1.165, 1.54) is 0 Å². The van der Waals surface area contributed by atoms with Crippen LogP contribution in [0.4, 0.5) is 13.2 Å². The highest BCUT2D eigenvalue weighted by atomic mass is 19.4. The van der Waals surface area contributed by atoms with E-state index < -0.39 is 12.1 Å². The van der Waals surface area contributed by atoms with Crippen LogP contribution in [-0.2, 0) is 16.1 Å². The fraction of sp³-hybridized carbons (Fsp3) is 0.556. The number of aromatic nitrogens is 3. The van der Waals surface area contributed by atoms with Crippen LogP contribution in [0, 0.1) is 13.8 Å². The largest absolute Gasteiger partial charge is 0.490 e. The number of ether oxygens (including phenoxy) is 1. The molecule has 0 radical (unpaired) electrons. The van der Waals surface area contributed by atoms with E-state index in [-0.39, 0.29) is 18.1 Å². The number of halogens is 3. The number of carboxylic acid groups (broad SMARTS) is 1. The Morgan fingerprint density at radius 1 is 1.32 bits per heavy atom. The van der Waals surface area contributed by atoms with Gasteiger partial charge in [-0.1, -0.05) is 5.16 Å². The van der Waals surface area contributed by atoms with Crippen LogP contribution in [-0.4, -0.2) is 86.7 Å². The summed E-state index contributed by atoms with van der Waals surface area (Å²) in [5.74, 6) is -1.92. The van der Waals surface area contributed by atoms with Gasteiger partial charge in [0.1, 0.15) is 11.5 Å². The fourth-order valence-electron chi connectivity index (χ4n) is 3.60. The fourth-order valence-corrected chi connectivity index (χ4v) is 3.60. The van der Waals surface area contributed by atoms with E-state index in [2.05, 4.69) is 20.3 Å². The average molecular weight is 445 g/mol. The Morgan fingerprint density at radius 3 is 2.58 bits per heavy atom. The number of hydrogen-bond acceptors (Lipinski definition) is 7. The number of aliphatic carboxylic acids is 1. The molecule has 2 fully saturated rings. The van der Waals surface area contributed by atoms with Crippen molar-refractivity contribution in [2.45, 2.75) is 38.7 Å². The summed E-state index contributed by atoms with van der Waals surface area (Å²) in [6.45, 7) is 7.47. The summed E-state index contributed by atoms with van der Waals surface area (Å²) in [6, 6.07) is 1.90. The van der Waals surface area contributed by atoms with Crippen LogP contribution in [0.25, 0.3) is 0 Å². The number of amides is 1. The average Bonchev–Trinajstić information content (AvgIpc) is 3.44. The summed E-state index contributed by atoms with van der Waals surface area (Å²) >= 11 is 0. The summed E-state index contributed by atoms with van der Waals surface area (Å²) < 4.78 is 42.9. The maximum absolute atomic E-state index is 12.5. The zero-order valence-corrected chi connectivity index (χ0v) is 16.8. The molecule has 0 bridgehead atoms. The Labute approximate surface area is 174 Å². The zero-order chi connectivity index (χ0) is 22.8. The van der Waals surface area contributed by atoms with Crippen molar-refractivity contribution in [3.63, 3.8) is 0 Å². The Morgan fingerprint density at radius 2 is 2.03 bits per heavy atom. The van der Waals surface area contributed by atoms with Crippen LogP contribution in [0.3, 0.4) is 0 Å². The summed E-state index contributed by atoms with van der Waals surface area (Å²) in [5, 5.41) is 17.8. The monoisotopic (exact) mass is 445 g/mol. The van der Waals surface area contributed by atoms with Crippen molar-refractivity contribution >= 4 is 11.9 Å². The number of nitrogens with one attached hydrogen (secondary N) is 1. The molecule has 2 aliphatic heterocycles. The van der Waals surface area contributed by atoms with E-state index in [4.69, 9.17) is 19.2 Å². The van der Waals surface area contributed by atoms with Gasteiger partial charge in [0.05, 0.1) is 24.4 Å². The molecule has 2 aromatic rings. The number of hydrogen-bond donors (Lipinski definition) is 2. The number of likely N-dealkylation sites (tertiary alicyclic amines) is 1. The minimum absolute atomic E-state index is 0.0252. The number of H-pyrrole nitrogens is 1. The number of rotatable bonds is 3. The lowest BCUT2D eigenvalue weighted by Gasteiger charge is -2.36. The van der Waals surface area contributed by atoms with Crippen LogP contribution in [0.15, 0.2) is 16.8 Å². The Kier molecular flexibility index (Phi) is 6.65. The molecule has 0 saturated carbocycles. The number of fused-ring (bicyclic) bond motifs is 1. The van der Waals surface area contributed by atoms with Crippen molar-refractivity contribution in [1.82, 2.24) is 25.2 Å². The normalized spacial score (nSPS) is 21.4. The van der Waals surface area contributed by atoms with Gasteiger partial charge in [-0.15, -0.1) is 0 Å². The molecule has 0 spiro atoms. The van der Waals surface area contributed by atoms with E-state index in [9.17, 15) is 18.0 Å². The Hall–Kier alpha value is -2.93. The third kappa shape index (κ3) is 5.22. The molecule has 2 saturated heterocycles. The van der Waals surface area contributed by atoms with Gasteiger partial charge in [-0.25, -0.2) is 4.79 Å². The maximum Gasteiger partial charge on any atom is 0.490 e. The highest BCUT2D eigenvalue weighted by Gasteiger charge is 2.42. The maximum atomic E-state index is 12.5. The lowest BCUT2D eigenvalue weighted by molar-refractivity contribution is -0.192. The summed E-state index contributed by atoms with van der Waals surface area (Å²) in [4.78, 5) is 25.7. The Bertz CT molecular complexity index is 895. The topological polar surface area (TPSA) is 125 Å². The highest BCUT2D eigenvalue weighted by molar-refractivity contribution is 5.92. The van der Waals surface area contributed by atoms with Gasteiger partial charge >= 0.3 is 12.1 Å². The number of carbonyl (C=O) groups excluding carboxylic acids is 1. The van der Waals surface area contributed by atoms with Crippen LogP contribution < -0.4 is 0 Å². The molecule has 0 aromatic carbocycles. The summed E-state index contributed by atoms with van der Waals surface area (Å²) in [7, 11) is 0. The molecular weight excluding hydrogens is 423 g/mol. The zero-order valence-electron chi connectivity index (χ0n) is 16.8. The number of carbonyl (C=O) groups is 2. The minimum atomic E-state index is -5.08. The number of alkyl halides is 3. The van der Waals surface area contributed by atoms with Gasteiger partial charge in [-0.05, 0) is 19.9 Å². The smallest absolute Gasteiger partial charge is 0.475 e.